The summed E-state index contributed by atoms with van der Waals surface area (Å²) in [5.41, 5.74) is 0.702. The van der Waals surface area contributed by atoms with Gasteiger partial charge in [0.2, 0.25) is 0 Å². The molecule has 0 heterocycles. The number of allylic oxidation sites excluding steroid dienone is 2. The summed E-state index contributed by atoms with van der Waals surface area (Å²) in [6, 6.07) is 9.15. The summed E-state index contributed by atoms with van der Waals surface area (Å²) in [4.78, 5) is 11.5. The molecule has 1 rings (SSSR count). The van der Waals surface area contributed by atoms with E-state index in [-0.39, 0.29) is 12.4 Å². The van der Waals surface area contributed by atoms with Crippen LogP contribution in [0.1, 0.15) is 23.2 Å². The minimum absolute atomic E-state index is 0.0172. The molecule has 0 amide bonds. The maximum absolute atomic E-state index is 11.5. The Balaban J connectivity index is 2.47. The van der Waals surface area contributed by atoms with Gasteiger partial charge in [0.05, 0.1) is 0 Å². The molecule has 0 spiro atoms. The Morgan fingerprint density at radius 2 is 2.00 bits per heavy atom. The van der Waals surface area contributed by atoms with E-state index in [0.29, 0.717) is 12.0 Å². The van der Waals surface area contributed by atoms with Crippen LogP contribution in [-0.2, 0) is 0 Å². The summed E-state index contributed by atoms with van der Waals surface area (Å²) < 4.78 is 0. The van der Waals surface area contributed by atoms with E-state index in [1.807, 2.05) is 18.2 Å². The monoisotopic (exact) mass is 190 g/mol. The zero-order chi connectivity index (χ0) is 10.2. The first kappa shape index (κ1) is 10.7. The van der Waals surface area contributed by atoms with E-state index >= 15 is 0 Å². The quantitative estimate of drug-likeness (QED) is 0.439. The fourth-order valence-electron chi connectivity index (χ4n) is 1.10. The Labute approximate surface area is 83.9 Å². The highest BCUT2D eigenvalue weighted by atomic mass is 16.2. The molecule has 0 radical (unpaired) electrons. The van der Waals surface area contributed by atoms with Crippen LogP contribution < -0.4 is 0 Å². The summed E-state index contributed by atoms with van der Waals surface area (Å²) in [5, 5.41) is 8.53. The van der Waals surface area contributed by atoms with Crippen molar-refractivity contribution in [3.63, 3.8) is 0 Å². The van der Waals surface area contributed by atoms with Gasteiger partial charge in [0, 0.05) is 12.2 Å². The second-order valence-electron chi connectivity index (χ2n) is 3.00. The molecule has 14 heavy (non-hydrogen) atoms. The van der Waals surface area contributed by atoms with Crippen LogP contribution in [0.3, 0.4) is 0 Å². The Kier molecular flexibility index (Phi) is 4.65. The minimum atomic E-state index is 0.0172. The lowest BCUT2D eigenvalue weighted by molar-refractivity contribution is 0.104. The van der Waals surface area contributed by atoms with E-state index in [1.165, 1.54) is 0 Å². The zero-order valence-electron chi connectivity index (χ0n) is 8.02. The Morgan fingerprint density at radius 1 is 1.29 bits per heavy atom. The van der Waals surface area contributed by atoms with Crippen LogP contribution in [0, 0.1) is 0 Å². The van der Waals surface area contributed by atoms with E-state index in [4.69, 9.17) is 5.11 Å². The van der Waals surface area contributed by atoms with Gasteiger partial charge in [0.25, 0.3) is 0 Å². The molecule has 0 aromatic heterocycles. The first-order chi connectivity index (χ1) is 6.84. The predicted molar refractivity (Wildman–Crippen MR) is 56.2 cm³/mol. The van der Waals surface area contributed by atoms with Crippen LogP contribution >= 0.6 is 0 Å². The van der Waals surface area contributed by atoms with Gasteiger partial charge in [-0.2, -0.15) is 0 Å². The number of benzene rings is 1. The standard InChI is InChI=1S/C12H14O2/c13-10-6-2-5-9-12(14)11-7-3-1-4-8-11/h1,3-5,7-9,13H,2,6,10H2/b9-5+. The molecule has 0 saturated carbocycles. The molecule has 0 saturated heterocycles. The average molecular weight is 190 g/mol. The number of ketones is 1. The molecular weight excluding hydrogens is 176 g/mol. The average Bonchev–Trinajstić information content (AvgIpc) is 2.25. The zero-order valence-corrected chi connectivity index (χ0v) is 8.02. The number of hydrogen-bond acceptors (Lipinski definition) is 2. The summed E-state index contributed by atoms with van der Waals surface area (Å²) in [6.07, 6.45) is 4.81. The number of aliphatic hydroxyl groups is 1. The fraction of sp³-hybridized carbons (Fsp3) is 0.250. The number of rotatable bonds is 5. The molecule has 1 aromatic rings. The van der Waals surface area contributed by atoms with E-state index in [1.54, 1.807) is 24.3 Å². The van der Waals surface area contributed by atoms with Crippen molar-refractivity contribution in [1.29, 1.82) is 0 Å². The predicted octanol–water partition coefficient (Wildman–Crippen LogP) is 2.20. The second-order valence-corrected chi connectivity index (χ2v) is 3.00. The van der Waals surface area contributed by atoms with Crippen molar-refractivity contribution in [2.75, 3.05) is 6.61 Å². The van der Waals surface area contributed by atoms with Gasteiger partial charge in [-0.25, -0.2) is 0 Å². The molecule has 0 aliphatic carbocycles. The van der Waals surface area contributed by atoms with Crippen molar-refractivity contribution in [3.05, 3.63) is 48.0 Å². The Morgan fingerprint density at radius 3 is 2.64 bits per heavy atom. The van der Waals surface area contributed by atoms with Gasteiger partial charge in [0.1, 0.15) is 0 Å². The van der Waals surface area contributed by atoms with E-state index in [9.17, 15) is 4.79 Å². The van der Waals surface area contributed by atoms with Gasteiger partial charge in [-0.05, 0) is 18.9 Å². The topological polar surface area (TPSA) is 37.3 Å². The van der Waals surface area contributed by atoms with E-state index in [2.05, 4.69) is 0 Å². The molecule has 2 nitrogen and oxygen atoms in total. The van der Waals surface area contributed by atoms with Gasteiger partial charge >= 0.3 is 0 Å². The van der Waals surface area contributed by atoms with Crippen LogP contribution in [0.15, 0.2) is 42.5 Å². The van der Waals surface area contributed by atoms with Crippen LogP contribution in [0.4, 0.5) is 0 Å². The van der Waals surface area contributed by atoms with E-state index < -0.39 is 0 Å². The number of hydrogen-bond donors (Lipinski definition) is 1. The molecular formula is C12H14O2. The van der Waals surface area contributed by atoms with Gasteiger partial charge in [-0.1, -0.05) is 36.4 Å². The fourth-order valence-corrected chi connectivity index (χ4v) is 1.10. The largest absolute Gasteiger partial charge is 0.396 e. The highest BCUT2D eigenvalue weighted by Crippen LogP contribution is 2.01. The lowest BCUT2D eigenvalue weighted by atomic mass is 10.1. The molecule has 74 valence electrons. The van der Waals surface area contributed by atoms with Crippen LogP contribution in [0.5, 0.6) is 0 Å². The maximum atomic E-state index is 11.5. The van der Waals surface area contributed by atoms with Gasteiger partial charge in [-0.15, -0.1) is 0 Å². The first-order valence-electron chi connectivity index (χ1n) is 4.71. The number of carbonyl (C=O) groups is 1. The number of unbranched alkanes of at least 4 members (excludes halogenated alkanes) is 1. The Bertz CT molecular complexity index is 301. The van der Waals surface area contributed by atoms with Gasteiger partial charge < -0.3 is 5.11 Å². The summed E-state index contributed by atoms with van der Waals surface area (Å²) in [7, 11) is 0. The normalized spacial score (nSPS) is 10.6. The Hall–Kier alpha value is -1.41. The van der Waals surface area contributed by atoms with Crippen LogP contribution in [-0.4, -0.2) is 17.5 Å². The lowest BCUT2D eigenvalue weighted by Gasteiger charge is -1.93. The molecule has 1 N–H and O–H groups in total. The number of aliphatic hydroxyl groups excluding tert-OH is 1. The molecule has 0 aliphatic rings. The summed E-state index contributed by atoms with van der Waals surface area (Å²) >= 11 is 0. The number of carbonyl (C=O) groups excluding carboxylic acids is 1. The first-order valence-corrected chi connectivity index (χ1v) is 4.71. The highest BCUT2D eigenvalue weighted by Gasteiger charge is 1.97. The SMILES string of the molecule is O=C(/C=C/CCCO)c1ccccc1. The third kappa shape index (κ3) is 3.54. The van der Waals surface area contributed by atoms with Crippen LogP contribution in [0.25, 0.3) is 0 Å². The third-order valence-electron chi connectivity index (χ3n) is 1.86. The molecule has 0 aliphatic heterocycles. The molecule has 0 unspecified atom stereocenters. The summed E-state index contributed by atoms with van der Waals surface area (Å²) in [6.45, 7) is 0.171. The molecule has 0 atom stereocenters. The van der Waals surface area contributed by atoms with Crippen molar-refractivity contribution in [2.45, 2.75) is 12.8 Å². The minimum Gasteiger partial charge on any atom is -0.396 e. The summed E-state index contributed by atoms with van der Waals surface area (Å²) in [5.74, 6) is 0.0172. The van der Waals surface area contributed by atoms with E-state index in [0.717, 1.165) is 6.42 Å². The van der Waals surface area contributed by atoms with Gasteiger partial charge in [-0.3, -0.25) is 4.79 Å². The van der Waals surface area contributed by atoms with Crippen molar-refractivity contribution in [3.8, 4) is 0 Å². The van der Waals surface area contributed by atoms with Crippen LogP contribution in [0.2, 0.25) is 0 Å². The molecule has 0 fully saturated rings. The van der Waals surface area contributed by atoms with Crippen molar-refractivity contribution >= 4 is 5.78 Å². The maximum Gasteiger partial charge on any atom is 0.185 e. The van der Waals surface area contributed by atoms with Gasteiger partial charge in [0.15, 0.2) is 5.78 Å². The highest BCUT2D eigenvalue weighted by molar-refractivity contribution is 6.04. The molecule has 0 bridgehead atoms. The third-order valence-corrected chi connectivity index (χ3v) is 1.86. The molecule has 2 heteroatoms. The van der Waals surface area contributed by atoms with Crippen molar-refractivity contribution in [2.24, 2.45) is 0 Å². The van der Waals surface area contributed by atoms with Crippen molar-refractivity contribution in [1.82, 2.24) is 0 Å². The molecule has 1 aromatic carbocycles. The smallest absolute Gasteiger partial charge is 0.185 e. The lowest BCUT2D eigenvalue weighted by Crippen LogP contribution is -1.92. The second kappa shape index (κ2) is 6.11. The van der Waals surface area contributed by atoms with Crippen molar-refractivity contribution < 1.29 is 9.90 Å².